The Bertz CT molecular complexity index is 450. The van der Waals surface area contributed by atoms with Crippen molar-refractivity contribution in [1.29, 1.82) is 0 Å². The summed E-state index contributed by atoms with van der Waals surface area (Å²) < 4.78 is 0. The van der Waals surface area contributed by atoms with E-state index in [4.69, 9.17) is 0 Å². The third-order valence-electron chi connectivity index (χ3n) is 2.58. The molecule has 2 aliphatic rings. The number of aromatic nitrogens is 1. The molecule has 0 spiro atoms. The van der Waals surface area contributed by atoms with Crippen LogP contribution in [0.2, 0.25) is 0 Å². The second-order valence-corrected chi connectivity index (χ2v) is 3.25. The summed E-state index contributed by atoms with van der Waals surface area (Å²) in [5.41, 5.74) is 1.42. The Labute approximate surface area is 70.3 Å². The molecule has 2 heteroatoms. The van der Waals surface area contributed by atoms with Crippen molar-refractivity contribution in [2.45, 2.75) is 12.5 Å². The first-order valence-electron chi connectivity index (χ1n) is 4.25. The average molecular weight is 158 g/mol. The number of H-pyrrole nitrogens is 1. The van der Waals surface area contributed by atoms with E-state index in [1.165, 1.54) is 16.1 Å². The molecule has 0 amide bonds. The average Bonchev–Trinajstić information content (AvgIpc) is 2.71. The first kappa shape index (κ1) is 6.12. The molecule has 2 heterocycles. The third-order valence-corrected chi connectivity index (χ3v) is 2.58. The van der Waals surface area contributed by atoms with Crippen LogP contribution in [0.4, 0.5) is 0 Å². The minimum atomic E-state index is 0.522. The minimum Gasteiger partial charge on any atom is -0.384 e. The summed E-state index contributed by atoms with van der Waals surface area (Å²) in [5.74, 6) is 0. The molecule has 2 N–H and O–H groups in total. The summed E-state index contributed by atoms with van der Waals surface area (Å²) in [4.78, 5) is 3.23. The van der Waals surface area contributed by atoms with E-state index in [0.717, 1.165) is 6.42 Å². The van der Waals surface area contributed by atoms with E-state index in [1.807, 2.05) is 12.4 Å². The maximum Gasteiger partial charge on any atom is 0.0550 e. The molecule has 12 heavy (non-hydrogen) atoms. The van der Waals surface area contributed by atoms with Crippen molar-refractivity contribution in [2.24, 2.45) is 0 Å². The van der Waals surface area contributed by atoms with Gasteiger partial charge >= 0.3 is 0 Å². The minimum absolute atomic E-state index is 0.522. The molecule has 2 nitrogen and oxygen atoms in total. The van der Waals surface area contributed by atoms with Crippen LogP contribution in [0.1, 0.15) is 6.42 Å². The second-order valence-electron chi connectivity index (χ2n) is 3.25. The van der Waals surface area contributed by atoms with Crippen molar-refractivity contribution in [3.8, 4) is 0 Å². The molecule has 0 radical (unpaired) electrons. The normalized spacial score (nSPS) is 24.3. The lowest BCUT2D eigenvalue weighted by Crippen LogP contribution is -2.35. The number of nitrogens with one attached hydrogen (secondary N) is 2. The van der Waals surface area contributed by atoms with Gasteiger partial charge in [-0.25, -0.2) is 0 Å². The van der Waals surface area contributed by atoms with Crippen LogP contribution in [0.3, 0.4) is 0 Å². The van der Waals surface area contributed by atoms with Crippen molar-refractivity contribution in [1.82, 2.24) is 10.3 Å². The fraction of sp³-hybridized carbons (Fsp3) is 0.200. The van der Waals surface area contributed by atoms with Crippen molar-refractivity contribution in [2.75, 3.05) is 0 Å². The molecule has 1 aromatic heterocycles. The topological polar surface area (TPSA) is 27.8 Å². The monoisotopic (exact) mass is 158 g/mol. The first-order valence-corrected chi connectivity index (χ1v) is 4.25. The van der Waals surface area contributed by atoms with Crippen molar-refractivity contribution >= 4 is 11.6 Å². The molecule has 0 bridgehead atoms. The van der Waals surface area contributed by atoms with Gasteiger partial charge in [0.15, 0.2) is 0 Å². The molecule has 1 atom stereocenters. The van der Waals surface area contributed by atoms with Gasteiger partial charge in [-0.05, 0) is 30.3 Å². The van der Waals surface area contributed by atoms with Crippen LogP contribution in [0.15, 0.2) is 24.5 Å². The van der Waals surface area contributed by atoms with E-state index in [2.05, 4.69) is 28.5 Å². The van der Waals surface area contributed by atoms with E-state index in [0.29, 0.717) is 6.04 Å². The first-order chi connectivity index (χ1) is 5.95. The highest BCUT2D eigenvalue weighted by atomic mass is 14.9. The van der Waals surface area contributed by atoms with Crippen LogP contribution >= 0.6 is 0 Å². The van der Waals surface area contributed by atoms with Crippen LogP contribution in [0.25, 0.3) is 11.6 Å². The lowest BCUT2D eigenvalue weighted by atomic mass is 10.0. The molecule has 60 valence electrons. The Kier molecular flexibility index (Phi) is 1.04. The van der Waals surface area contributed by atoms with Gasteiger partial charge in [0, 0.05) is 16.8 Å². The van der Waals surface area contributed by atoms with Crippen LogP contribution in [-0.2, 0) is 0 Å². The maximum absolute atomic E-state index is 3.33. The Hall–Kier alpha value is -1.44. The summed E-state index contributed by atoms with van der Waals surface area (Å²) in [6, 6.07) is 2.67. The van der Waals surface area contributed by atoms with Crippen LogP contribution < -0.4 is 15.9 Å². The van der Waals surface area contributed by atoms with Gasteiger partial charge in [0.05, 0.1) is 6.04 Å². The van der Waals surface area contributed by atoms with Gasteiger partial charge in [0.2, 0.25) is 0 Å². The van der Waals surface area contributed by atoms with Gasteiger partial charge in [-0.3, -0.25) is 0 Å². The summed E-state index contributed by atoms with van der Waals surface area (Å²) in [6.45, 7) is 0. The largest absolute Gasteiger partial charge is 0.384 e. The Morgan fingerprint density at radius 2 is 2.42 bits per heavy atom. The van der Waals surface area contributed by atoms with E-state index in [9.17, 15) is 0 Å². The number of hydrogen-bond donors (Lipinski definition) is 2. The lowest BCUT2D eigenvalue weighted by molar-refractivity contribution is 0.759. The number of aromatic amines is 1. The highest BCUT2D eigenvalue weighted by Crippen LogP contribution is 2.15. The predicted molar refractivity (Wildman–Crippen MR) is 48.6 cm³/mol. The Morgan fingerprint density at radius 3 is 3.42 bits per heavy atom. The summed E-state index contributed by atoms with van der Waals surface area (Å²) in [5, 5.41) is 5.95. The SMILES string of the molecule is C1=CC2=c3cc[nH]c3=CCC2N1. The zero-order chi connectivity index (χ0) is 7.97. The molecule has 1 aliphatic heterocycles. The molecular formula is C10H10N2. The lowest BCUT2D eigenvalue weighted by Gasteiger charge is -2.13. The summed E-state index contributed by atoms with van der Waals surface area (Å²) in [6.07, 6.45) is 9.56. The van der Waals surface area contributed by atoms with Crippen molar-refractivity contribution in [3.63, 3.8) is 0 Å². The zero-order valence-corrected chi connectivity index (χ0v) is 6.67. The second kappa shape index (κ2) is 2.03. The number of fused-ring (bicyclic) bond motifs is 2. The van der Waals surface area contributed by atoms with Gasteiger partial charge in [-0.1, -0.05) is 6.08 Å². The predicted octanol–water partition coefficient (Wildman–Crippen LogP) is -0.165. The molecule has 1 aromatic rings. The van der Waals surface area contributed by atoms with Gasteiger partial charge in [0.25, 0.3) is 0 Å². The Balaban J connectivity index is 2.46. The fourth-order valence-corrected chi connectivity index (χ4v) is 1.97. The van der Waals surface area contributed by atoms with Crippen LogP contribution in [0.5, 0.6) is 0 Å². The molecule has 0 saturated heterocycles. The van der Waals surface area contributed by atoms with Crippen molar-refractivity contribution < 1.29 is 0 Å². The van der Waals surface area contributed by atoms with Crippen LogP contribution in [0, 0.1) is 0 Å². The molecule has 0 aromatic carbocycles. The summed E-state index contributed by atoms with van der Waals surface area (Å²) in [7, 11) is 0. The van der Waals surface area contributed by atoms with E-state index < -0.39 is 0 Å². The van der Waals surface area contributed by atoms with Gasteiger partial charge in [-0.2, -0.15) is 0 Å². The number of hydrogen-bond acceptors (Lipinski definition) is 1. The zero-order valence-electron chi connectivity index (χ0n) is 6.67. The smallest absolute Gasteiger partial charge is 0.0550 e. The van der Waals surface area contributed by atoms with Gasteiger partial charge < -0.3 is 10.3 Å². The highest BCUT2D eigenvalue weighted by Gasteiger charge is 2.17. The molecule has 1 unspecified atom stereocenters. The van der Waals surface area contributed by atoms with Gasteiger partial charge in [-0.15, -0.1) is 0 Å². The van der Waals surface area contributed by atoms with Crippen LogP contribution in [-0.4, -0.2) is 11.0 Å². The van der Waals surface area contributed by atoms with Crippen molar-refractivity contribution in [3.05, 3.63) is 35.1 Å². The Morgan fingerprint density at radius 1 is 1.42 bits per heavy atom. The quantitative estimate of drug-likeness (QED) is 0.539. The van der Waals surface area contributed by atoms with E-state index in [-0.39, 0.29) is 0 Å². The standard InChI is InChI=1S/C10H10N2/c1-2-10-8(4-6-12-10)7-3-5-11-9(1)7/h1,3-6,10-12H,2H2. The molecule has 1 aliphatic carbocycles. The van der Waals surface area contributed by atoms with E-state index in [1.54, 1.807) is 0 Å². The van der Waals surface area contributed by atoms with Gasteiger partial charge in [0.1, 0.15) is 0 Å². The summed E-state index contributed by atoms with van der Waals surface area (Å²) >= 11 is 0. The molecule has 3 rings (SSSR count). The fourth-order valence-electron chi connectivity index (χ4n) is 1.97. The third kappa shape index (κ3) is 0.644. The number of rotatable bonds is 0. The molecular weight excluding hydrogens is 148 g/mol. The van der Waals surface area contributed by atoms with E-state index >= 15 is 0 Å². The highest BCUT2D eigenvalue weighted by molar-refractivity contribution is 5.67. The molecule has 0 saturated carbocycles. The maximum atomic E-state index is 3.33. The molecule has 0 fully saturated rings.